The van der Waals surface area contributed by atoms with Crippen LogP contribution in [0.3, 0.4) is 0 Å². The summed E-state index contributed by atoms with van der Waals surface area (Å²) in [4.78, 5) is 0. The van der Waals surface area contributed by atoms with Gasteiger partial charge in [0.1, 0.15) is 11.5 Å². The summed E-state index contributed by atoms with van der Waals surface area (Å²) in [5.41, 5.74) is 7.25. The number of ether oxygens (including phenoxy) is 1. The number of benzene rings is 2. The van der Waals surface area contributed by atoms with Crippen molar-refractivity contribution >= 4 is 0 Å². The highest BCUT2D eigenvalue weighted by Crippen LogP contribution is 2.46. The van der Waals surface area contributed by atoms with Gasteiger partial charge in [0.15, 0.2) is 0 Å². The third-order valence-electron chi connectivity index (χ3n) is 4.85. The molecule has 0 radical (unpaired) electrons. The molecule has 0 aromatic heterocycles. The highest BCUT2D eigenvalue weighted by atomic mass is 16.5. The molecule has 1 aliphatic rings. The lowest BCUT2D eigenvalue weighted by atomic mass is 9.79. The number of methoxy groups -OCH3 is 1. The molecule has 3 nitrogen and oxygen atoms in total. The van der Waals surface area contributed by atoms with Crippen LogP contribution in [0.25, 0.3) is 11.1 Å². The van der Waals surface area contributed by atoms with Gasteiger partial charge in [-0.3, -0.25) is 0 Å². The predicted octanol–water partition coefficient (Wildman–Crippen LogP) is 4.19. The maximum atomic E-state index is 10.6. The van der Waals surface area contributed by atoms with E-state index in [2.05, 4.69) is 6.07 Å². The second-order valence-corrected chi connectivity index (χ2v) is 6.10. The highest BCUT2D eigenvalue weighted by Gasteiger charge is 2.27. The molecule has 3 heteroatoms. The molecule has 1 atom stereocenters. The third-order valence-corrected chi connectivity index (χ3v) is 4.85. The smallest absolute Gasteiger partial charge is 0.124 e. The van der Waals surface area contributed by atoms with E-state index in [9.17, 15) is 10.2 Å². The number of rotatable bonds is 2. The zero-order valence-corrected chi connectivity index (χ0v) is 13.5. The van der Waals surface area contributed by atoms with Gasteiger partial charge in [0.25, 0.3) is 0 Å². The van der Waals surface area contributed by atoms with E-state index < -0.39 is 0 Å². The highest BCUT2D eigenvalue weighted by molar-refractivity contribution is 5.81. The van der Waals surface area contributed by atoms with Gasteiger partial charge >= 0.3 is 0 Å². The normalized spacial score (nSPS) is 14.4. The van der Waals surface area contributed by atoms with Crippen molar-refractivity contribution in [2.75, 3.05) is 7.11 Å². The van der Waals surface area contributed by atoms with Crippen LogP contribution in [0.1, 0.15) is 40.8 Å². The Morgan fingerprint density at radius 1 is 1.14 bits per heavy atom. The van der Waals surface area contributed by atoms with E-state index in [-0.39, 0.29) is 6.10 Å². The van der Waals surface area contributed by atoms with Gasteiger partial charge in [0, 0.05) is 12.7 Å². The number of aromatic hydroxyl groups is 2. The van der Waals surface area contributed by atoms with Crippen molar-refractivity contribution in [3.63, 3.8) is 0 Å². The maximum absolute atomic E-state index is 10.6. The fourth-order valence-electron chi connectivity index (χ4n) is 3.50. The molecule has 1 aliphatic carbocycles. The lowest BCUT2D eigenvalue weighted by Crippen LogP contribution is -2.11. The molecule has 0 bridgehead atoms. The molecule has 116 valence electrons. The van der Waals surface area contributed by atoms with Crippen molar-refractivity contribution in [1.29, 1.82) is 0 Å². The van der Waals surface area contributed by atoms with Crippen LogP contribution in [0, 0.1) is 13.8 Å². The first-order valence-electron chi connectivity index (χ1n) is 7.65. The van der Waals surface area contributed by atoms with Crippen molar-refractivity contribution < 1.29 is 14.9 Å². The summed E-state index contributed by atoms with van der Waals surface area (Å²) in [5, 5.41) is 20.5. The van der Waals surface area contributed by atoms with Gasteiger partial charge in [-0.2, -0.15) is 0 Å². The van der Waals surface area contributed by atoms with Crippen LogP contribution in [0.2, 0.25) is 0 Å². The fourth-order valence-corrected chi connectivity index (χ4v) is 3.50. The molecule has 3 rings (SSSR count). The van der Waals surface area contributed by atoms with Crippen LogP contribution in [0.4, 0.5) is 0 Å². The summed E-state index contributed by atoms with van der Waals surface area (Å²) in [6.45, 7) is 5.84. The largest absolute Gasteiger partial charge is 0.508 e. The molecular formula is C19H22O3. The lowest BCUT2D eigenvalue weighted by Gasteiger charge is -2.28. The van der Waals surface area contributed by atoms with Crippen LogP contribution in [0.15, 0.2) is 18.2 Å². The minimum Gasteiger partial charge on any atom is -0.508 e. The first-order valence-corrected chi connectivity index (χ1v) is 7.65. The molecule has 0 fully saturated rings. The van der Waals surface area contributed by atoms with Crippen molar-refractivity contribution in [1.82, 2.24) is 0 Å². The number of phenolic OH excluding ortho intramolecular Hbond substituents is 2. The van der Waals surface area contributed by atoms with Crippen LogP contribution in [-0.4, -0.2) is 17.3 Å². The molecule has 0 unspecified atom stereocenters. The summed E-state index contributed by atoms with van der Waals surface area (Å²) in [5.74, 6) is 0.645. The van der Waals surface area contributed by atoms with Crippen molar-refractivity contribution in [3.05, 3.63) is 46.0 Å². The van der Waals surface area contributed by atoms with Crippen LogP contribution >= 0.6 is 0 Å². The van der Waals surface area contributed by atoms with E-state index in [4.69, 9.17) is 4.74 Å². The molecule has 0 heterocycles. The molecule has 2 N–H and O–H groups in total. The van der Waals surface area contributed by atoms with Crippen molar-refractivity contribution in [2.24, 2.45) is 0 Å². The minimum atomic E-state index is -0.186. The van der Waals surface area contributed by atoms with E-state index >= 15 is 0 Å². The summed E-state index contributed by atoms with van der Waals surface area (Å²) in [6.07, 6.45) is 1.64. The zero-order valence-electron chi connectivity index (χ0n) is 13.5. The number of hydrogen-bond acceptors (Lipinski definition) is 3. The van der Waals surface area contributed by atoms with Gasteiger partial charge in [-0.15, -0.1) is 0 Å². The Kier molecular flexibility index (Phi) is 3.61. The second-order valence-electron chi connectivity index (χ2n) is 6.10. The van der Waals surface area contributed by atoms with Crippen LogP contribution in [-0.2, 0) is 17.6 Å². The summed E-state index contributed by atoms with van der Waals surface area (Å²) in [7, 11) is 1.66. The number of aryl methyl sites for hydroxylation is 2. The minimum absolute atomic E-state index is 0.186. The Hall–Kier alpha value is -2.00. The Morgan fingerprint density at radius 3 is 2.55 bits per heavy atom. The third kappa shape index (κ3) is 2.08. The first kappa shape index (κ1) is 14.9. The molecule has 0 saturated carbocycles. The van der Waals surface area contributed by atoms with Gasteiger partial charge in [0.2, 0.25) is 0 Å². The fraction of sp³-hybridized carbons (Fsp3) is 0.368. The molecule has 2 aromatic carbocycles. The molecule has 0 saturated heterocycles. The lowest BCUT2D eigenvalue weighted by molar-refractivity contribution is 0.117. The van der Waals surface area contributed by atoms with Gasteiger partial charge in [-0.1, -0.05) is 12.1 Å². The van der Waals surface area contributed by atoms with Gasteiger partial charge in [0.05, 0.1) is 6.10 Å². The summed E-state index contributed by atoms with van der Waals surface area (Å²) < 4.78 is 5.50. The van der Waals surface area contributed by atoms with Crippen molar-refractivity contribution in [2.45, 2.75) is 39.7 Å². The average molecular weight is 298 g/mol. The number of phenols is 2. The Bertz CT molecular complexity index is 747. The topological polar surface area (TPSA) is 49.7 Å². The van der Waals surface area contributed by atoms with Gasteiger partial charge in [-0.05, 0) is 73.1 Å². The quantitative estimate of drug-likeness (QED) is 0.874. The number of hydrogen-bond donors (Lipinski definition) is 2. The monoisotopic (exact) mass is 298 g/mol. The maximum Gasteiger partial charge on any atom is 0.124 e. The molecular weight excluding hydrogens is 276 g/mol. The van der Waals surface area contributed by atoms with Gasteiger partial charge in [-0.25, -0.2) is 0 Å². The van der Waals surface area contributed by atoms with E-state index in [0.29, 0.717) is 11.5 Å². The second kappa shape index (κ2) is 5.33. The van der Waals surface area contributed by atoms with Gasteiger partial charge < -0.3 is 14.9 Å². The predicted molar refractivity (Wildman–Crippen MR) is 87.5 cm³/mol. The van der Waals surface area contributed by atoms with Crippen LogP contribution < -0.4 is 0 Å². The van der Waals surface area contributed by atoms with E-state index in [1.807, 2.05) is 26.8 Å². The Morgan fingerprint density at radius 2 is 1.86 bits per heavy atom. The average Bonchev–Trinajstić information content (AvgIpc) is 2.51. The number of fused-ring (bicyclic) bond motifs is 3. The Balaban J connectivity index is 2.36. The molecule has 2 aromatic rings. The summed E-state index contributed by atoms with van der Waals surface area (Å²) >= 11 is 0. The van der Waals surface area contributed by atoms with Crippen molar-refractivity contribution in [3.8, 4) is 22.6 Å². The van der Waals surface area contributed by atoms with Crippen LogP contribution in [0.5, 0.6) is 11.5 Å². The van der Waals surface area contributed by atoms with E-state index in [1.54, 1.807) is 13.2 Å². The molecule has 0 aliphatic heterocycles. The molecule has 22 heavy (non-hydrogen) atoms. The Labute approximate surface area is 131 Å². The van der Waals surface area contributed by atoms with E-state index in [1.165, 1.54) is 11.1 Å². The SMILES string of the molecule is CO[C@@H](C)c1c(O)c(C)cc2c1-c1ccc(O)c(C)c1CC2. The van der Waals surface area contributed by atoms with E-state index in [0.717, 1.165) is 40.7 Å². The summed E-state index contributed by atoms with van der Waals surface area (Å²) in [6, 6.07) is 5.76. The molecule has 0 amide bonds. The zero-order chi connectivity index (χ0) is 16.0. The first-order chi connectivity index (χ1) is 10.5. The standard InChI is InChI=1S/C19H22O3/c1-10-9-13-5-6-14-11(2)16(20)8-7-15(14)18(13)17(19(10)21)12(3)22-4/h7-9,12,20-21H,5-6H2,1-4H3/t12-/m0/s1. The molecule has 0 spiro atoms.